The van der Waals surface area contributed by atoms with Crippen molar-refractivity contribution >= 4 is 7.60 Å². The van der Waals surface area contributed by atoms with Gasteiger partial charge in [0.05, 0.1) is 19.2 Å². The summed E-state index contributed by atoms with van der Waals surface area (Å²) >= 11 is 0. The van der Waals surface area contributed by atoms with Crippen LogP contribution in [0.3, 0.4) is 0 Å². The van der Waals surface area contributed by atoms with E-state index < -0.39 is 13.5 Å². The number of unbranched alkanes of at least 4 members (excludes halogenated alkanes) is 3. The zero-order chi connectivity index (χ0) is 13.9. The molecule has 0 bridgehead atoms. The minimum absolute atomic E-state index is 0. The maximum absolute atomic E-state index is 12.0. The summed E-state index contributed by atoms with van der Waals surface area (Å²) in [5, 5.41) is 11.4. The molecule has 0 aliphatic rings. The summed E-state index contributed by atoms with van der Waals surface area (Å²) in [4.78, 5) is 0. The van der Waals surface area contributed by atoms with Gasteiger partial charge in [-0.3, -0.25) is 4.57 Å². The van der Waals surface area contributed by atoms with Crippen molar-refractivity contribution < 1.29 is 53.0 Å². The normalized spacial score (nSPS) is 12.1. The second-order valence-corrected chi connectivity index (χ2v) is 5.59. The molecule has 5 nitrogen and oxygen atoms in total. The predicted octanol–water partition coefficient (Wildman–Crippen LogP) is 0.0126. The van der Waals surface area contributed by atoms with E-state index in [0.29, 0.717) is 6.61 Å². The first-order chi connectivity index (χ1) is 8.58. The van der Waals surface area contributed by atoms with Crippen molar-refractivity contribution in [3.63, 3.8) is 0 Å². The molecule has 19 heavy (non-hydrogen) atoms. The molecule has 7 heteroatoms. The standard InChI is InChI=1S/C12H25O5P.Na/c1-4-7-8-9-10-15-12(13)11-18(14,16-5-2)17-6-3;/h11,13H,4-10H2,1-3H3;/q;+1/p-1/b12-11+;. The van der Waals surface area contributed by atoms with Crippen molar-refractivity contribution in [2.45, 2.75) is 46.5 Å². The van der Waals surface area contributed by atoms with Gasteiger partial charge in [-0.25, -0.2) is 0 Å². The first kappa shape index (κ1) is 21.8. The van der Waals surface area contributed by atoms with Crippen molar-refractivity contribution in [2.75, 3.05) is 19.8 Å². The molecule has 0 fully saturated rings. The van der Waals surface area contributed by atoms with Crippen LogP contribution in [0.4, 0.5) is 0 Å². The van der Waals surface area contributed by atoms with Gasteiger partial charge >= 0.3 is 37.2 Å². The minimum atomic E-state index is -3.44. The van der Waals surface area contributed by atoms with Gasteiger partial charge < -0.3 is 18.9 Å². The monoisotopic (exact) mass is 302 g/mol. The summed E-state index contributed by atoms with van der Waals surface area (Å²) in [7, 11) is -3.44. The maximum atomic E-state index is 12.0. The second-order valence-electron chi connectivity index (χ2n) is 3.73. The van der Waals surface area contributed by atoms with Crippen LogP contribution in [-0.2, 0) is 18.3 Å². The van der Waals surface area contributed by atoms with Crippen LogP contribution in [0.1, 0.15) is 46.5 Å². The van der Waals surface area contributed by atoms with E-state index in [0.717, 1.165) is 31.5 Å². The van der Waals surface area contributed by atoms with Crippen LogP contribution in [0.2, 0.25) is 0 Å². The van der Waals surface area contributed by atoms with Gasteiger partial charge in [0, 0.05) is 5.82 Å². The molecule has 0 unspecified atom stereocenters. The van der Waals surface area contributed by atoms with Crippen LogP contribution >= 0.6 is 7.60 Å². The number of hydrogen-bond donors (Lipinski definition) is 0. The molecule has 0 aromatic heterocycles. The van der Waals surface area contributed by atoms with E-state index in [1.165, 1.54) is 0 Å². The van der Waals surface area contributed by atoms with Crippen LogP contribution < -0.4 is 34.7 Å². The Morgan fingerprint density at radius 3 is 2.16 bits per heavy atom. The van der Waals surface area contributed by atoms with Gasteiger partial charge in [-0.2, -0.15) is 0 Å². The predicted molar refractivity (Wildman–Crippen MR) is 69.0 cm³/mol. The molecular weight excluding hydrogens is 278 g/mol. The molecule has 0 saturated carbocycles. The van der Waals surface area contributed by atoms with Crippen LogP contribution in [-0.4, -0.2) is 19.8 Å². The number of rotatable bonds is 11. The molecule has 0 amide bonds. The summed E-state index contributed by atoms with van der Waals surface area (Å²) in [5.74, 6) is 0.275. The number of ether oxygens (including phenoxy) is 1. The van der Waals surface area contributed by atoms with E-state index >= 15 is 0 Å². The van der Waals surface area contributed by atoms with Gasteiger partial charge in [-0.05, 0) is 26.9 Å². The van der Waals surface area contributed by atoms with Crippen LogP contribution in [0.15, 0.2) is 11.8 Å². The van der Waals surface area contributed by atoms with Gasteiger partial charge in [0.2, 0.25) is 0 Å². The molecule has 108 valence electrons. The average molecular weight is 302 g/mol. The summed E-state index contributed by atoms with van der Waals surface area (Å²) in [6.07, 6.45) is 4.10. The summed E-state index contributed by atoms with van der Waals surface area (Å²) in [5.41, 5.74) is 0. The average Bonchev–Trinajstić information content (AvgIpc) is 2.29. The Hall–Kier alpha value is 0.490. The van der Waals surface area contributed by atoms with E-state index in [4.69, 9.17) is 13.8 Å². The van der Waals surface area contributed by atoms with Gasteiger partial charge in [0.25, 0.3) is 0 Å². The quantitative estimate of drug-likeness (QED) is 0.233. The Morgan fingerprint density at radius 2 is 1.68 bits per heavy atom. The fraction of sp³-hybridized carbons (Fsp3) is 0.833. The Morgan fingerprint density at radius 1 is 1.11 bits per heavy atom. The maximum Gasteiger partial charge on any atom is 1.00 e. The molecule has 0 saturated heterocycles. The third-order valence-electron chi connectivity index (χ3n) is 2.12. The van der Waals surface area contributed by atoms with Crippen LogP contribution in [0, 0.1) is 0 Å². The first-order valence-electron chi connectivity index (χ1n) is 6.49. The molecule has 0 aromatic rings. The molecule has 0 aliphatic heterocycles. The summed E-state index contributed by atoms with van der Waals surface area (Å²) in [6.45, 7) is 6.27. The van der Waals surface area contributed by atoms with E-state index in [1.807, 2.05) is 0 Å². The Kier molecular flexibility index (Phi) is 15.4. The van der Waals surface area contributed by atoms with E-state index in [-0.39, 0.29) is 42.8 Å². The van der Waals surface area contributed by atoms with Crippen molar-refractivity contribution in [3.8, 4) is 0 Å². The minimum Gasteiger partial charge on any atom is -0.613 e. The van der Waals surface area contributed by atoms with Gasteiger partial charge in [-0.15, -0.1) is 0 Å². The number of hydrogen-bond acceptors (Lipinski definition) is 5. The molecule has 0 aromatic carbocycles. The van der Waals surface area contributed by atoms with Crippen molar-refractivity contribution in [3.05, 3.63) is 11.8 Å². The summed E-state index contributed by atoms with van der Waals surface area (Å²) in [6, 6.07) is 0. The van der Waals surface area contributed by atoms with Crippen LogP contribution in [0.25, 0.3) is 0 Å². The Bertz CT molecular complexity index is 273. The molecule has 0 aliphatic carbocycles. The van der Waals surface area contributed by atoms with E-state index in [2.05, 4.69) is 6.92 Å². The molecule has 0 rings (SSSR count). The molecule has 0 atom stereocenters. The summed E-state index contributed by atoms with van der Waals surface area (Å²) < 4.78 is 26.8. The third kappa shape index (κ3) is 12.0. The zero-order valence-electron chi connectivity index (χ0n) is 12.5. The second kappa shape index (κ2) is 13.5. The molecule has 0 spiro atoms. The Labute approximate surface area is 138 Å². The molecule has 0 radical (unpaired) electrons. The smallest absolute Gasteiger partial charge is 0.613 e. The van der Waals surface area contributed by atoms with E-state index in [1.54, 1.807) is 13.8 Å². The van der Waals surface area contributed by atoms with E-state index in [9.17, 15) is 9.67 Å². The van der Waals surface area contributed by atoms with Crippen molar-refractivity contribution in [1.29, 1.82) is 0 Å². The van der Waals surface area contributed by atoms with Crippen molar-refractivity contribution in [2.24, 2.45) is 0 Å². The fourth-order valence-electron chi connectivity index (χ4n) is 1.34. The largest absolute Gasteiger partial charge is 1.00 e. The SMILES string of the molecule is CCCCCCO/C([O-])=C/P(=O)(OCC)OCC.[Na+]. The Balaban J connectivity index is 0. The molecule has 0 heterocycles. The fourth-order valence-corrected chi connectivity index (χ4v) is 2.62. The van der Waals surface area contributed by atoms with Crippen molar-refractivity contribution in [1.82, 2.24) is 0 Å². The molecule has 0 N–H and O–H groups in total. The zero-order valence-corrected chi connectivity index (χ0v) is 15.4. The third-order valence-corrected chi connectivity index (χ3v) is 3.89. The van der Waals surface area contributed by atoms with Gasteiger partial charge in [-0.1, -0.05) is 26.2 Å². The topological polar surface area (TPSA) is 67.8 Å². The first-order valence-corrected chi connectivity index (χ1v) is 8.10. The van der Waals surface area contributed by atoms with Crippen LogP contribution in [0.5, 0.6) is 0 Å². The van der Waals surface area contributed by atoms with Gasteiger partial charge in [0.1, 0.15) is 0 Å². The molecular formula is C12H24NaO5P. The van der Waals surface area contributed by atoms with Gasteiger partial charge in [0.15, 0.2) is 0 Å².